The van der Waals surface area contributed by atoms with Gasteiger partial charge in [0.05, 0.1) is 5.56 Å². The molecule has 0 radical (unpaired) electrons. The molecule has 7 nitrogen and oxygen atoms in total. The van der Waals surface area contributed by atoms with Gasteiger partial charge in [0.25, 0.3) is 5.91 Å². The van der Waals surface area contributed by atoms with Crippen LogP contribution >= 0.6 is 0 Å². The molecule has 0 bridgehead atoms. The van der Waals surface area contributed by atoms with Crippen LogP contribution in [0.2, 0.25) is 0 Å². The molecule has 0 fully saturated rings. The summed E-state index contributed by atoms with van der Waals surface area (Å²) in [6.07, 6.45) is 35.7. The lowest BCUT2D eigenvalue weighted by Crippen LogP contribution is -2.41. The fourth-order valence-corrected chi connectivity index (χ4v) is 3.49. The second-order valence-corrected chi connectivity index (χ2v) is 9.05. The Labute approximate surface area is 239 Å². The van der Waals surface area contributed by atoms with Gasteiger partial charge >= 0.3 is 5.97 Å². The molecule has 2 amide bonds. The number of nitrogens with one attached hydrogen (secondary N) is 2. The fraction of sp³-hybridized carbons (Fsp3) is 0.394. The molecule has 0 aromatic carbocycles. The Morgan fingerprint density at radius 1 is 0.850 bits per heavy atom. The zero-order valence-electron chi connectivity index (χ0n) is 23.7. The maximum absolute atomic E-state index is 12.1. The van der Waals surface area contributed by atoms with E-state index in [0.29, 0.717) is 24.9 Å². The molecular weight excluding hydrogens is 502 g/mol. The van der Waals surface area contributed by atoms with Crippen LogP contribution in [0, 0.1) is 0 Å². The molecular formula is C33H45N3O4. The minimum absolute atomic E-state index is 0.226. The molecule has 1 atom stereocenters. The third-order valence-electron chi connectivity index (χ3n) is 5.65. The predicted octanol–water partition coefficient (Wildman–Crippen LogP) is 6.64. The molecule has 0 aliphatic carbocycles. The average Bonchev–Trinajstić information content (AvgIpc) is 2.96. The van der Waals surface area contributed by atoms with Gasteiger partial charge < -0.3 is 15.7 Å². The molecule has 0 saturated heterocycles. The van der Waals surface area contributed by atoms with E-state index in [2.05, 4.69) is 83.3 Å². The number of aliphatic carboxylic acids is 1. The molecule has 0 spiro atoms. The molecule has 7 heteroatoms. The third kappa shape index (κ3) is 19.1. The lowest BCUT2D eigenvalue weighted by Gasteiger charge is -2.14. The minimum Gasteiger partial charge on any atom is -0.480 e. The first kappa shape index (κ1) is 34.0. The van der Waals surface area contributed by atoms with Gasteiger partial charge in [-0.25, -0.2) is 4.79 Å². The molecule has 0 aliphatic heterocycles. The highest BCUT2D eigenvalue weighted by molar-refractivity contribution is 5.93. The lowest BCUT2D eigenvalue weighted by atomic mass is 10.1. The van der Waals surface area contributed by atoms with Crippen LogP contribution < -0.4 is 10.6 Å². The summed E-state index contributed by atoms with van der Waals surface area (Å²) >= 11 is 0. The van der Waals surface area contributed by atoms with Crippen molar-refractivity contribution >= 4 is 17.8 Å². The van der Waals surface area contributed by atoms with Crippen LogP contribution in [0.25, 0.3) is 0 Å². The van der Waals surface area contributed by atoms with Crippen LogP contribution in [0.3, 0.4) is 0 Å². The second-order valence-electron chi connectivity index (χ2n) is 9.05. The quantitative estimate of drug-likeness (QED) is 0.118. The van der Waals surface area contributed by atoms with Gasteiger partial charge in [0.15, 0.2) is 0 Å². The van der Waals surface area contributed by atoms with E-state index in [0.717, 1.165) is 38.5 Å². The van der Waals surface area contributed by atoms with E-state index >= 15 is 0 Å². The Balaban J connectivity index is 2.11. The van der Waals surface area contributed by atoms with Crippen molar-refractivity contribution in [1.29, 1.82) is 0 Å². The minimum atomic E-state index is -1.08. The summed E-state index contributed by atoms with van der Waals surface area (Å²) < 4.78 is 0. The van der Waals surface area contributed by atoms with Crippen molar-refractivity contribution in [2.75, 3.05) is 6.54 Å². The summed E-state index contributed by atoms with van der Waals surface area (Å²) in [7, 11) is 0. The van der Waals surface area contributed by atoms with E-state index in [4.69, 9.17) is 0 Å². The Morgan fingerprint density at radius 2 is 1.40 bits per heavy atom. The maximum atomic E-state index is 12.1. The molecule has 0 saturated carbocycles. The number of carbonyl (C=O) groups excluding carboxylic acids is 2. The first-order valence-electron chi connectivity index (χ1n) is 14.1. The molecule has 1 aromatic rings. The van der Waals surface area contributed by atoms with Crippen molar-refractivity contribution in [3.05, 3.63) is 103 Å². The Morgan fingerprint density at radius 3 is 1.90 bits per heavy atom. The van der Waals surface area contributed by atoms with Gasteiger partial charge in [-0.3, -0.25) is 14.6 Å². The zero-order chi connectivity index (χ0) is 29.1. The topological polar surface area (TPSA) is 108 Å². The summed E-state index contributed by atoms with van der Waals surface area (Å²) in [5.41, 5.74) is 0.444. The summed E-state index contributed by atoms with van der Waals surface area (Å²) in [4.78, 5) is 39.5. The van der Waals surface area contributed by atoms with Crippen molar-refractivity contribution in [2.45, 2.75) is 77.2 Å². The normalized spacial score (nSPS) is 12.9. The van der Waals surface area contributed by atoms with E-state index in [1.54, 1.807) is 18.3 Å². The first-order valence-corrected chi connectivity index (χ1v) is 14.1. The van der Waals surface area contributed by atoms with Crippen molar-refractivity contribution in [3.63, 3.8) is 0 Å². The number of allylic oxidation sites excluding steroid dienone is 12. The number of nitrogens with zero attached hydrogens (tertiary/aromatic N) is 1. The highest BCUT2D eigenvalue weighted by atomic mass is 16.4. The number of amides is 2. The van der Waals surface area contributed by atoms with Crippen LogP contribution in [0.1, 0.15) is 81.5 Å². The number of hydrogen-bond donors (Lipinski definition) is 3. The van der Waals surface area contributed by atoms with Crippen LogP contribution in [0.5, 0.6) is 0 Å². The van der Waals surface area contributed by atoms with Crippen molar-refractivity contribution in [3.8, 4) is 0 Å². The van der Waals surface area contributed by atoms with Gasteiger partial charge in [0.1, 0.15) is 6.04 Å². The number of hydrogen-bond acceptors (Lipinski definition) is 4. The molecule has 3 N–H and O–H groups in total. The Kier molecular flexibility index (Phi) is 20.5. The Bertz CT molecular complexity index is 1020. The SMILES string of the molecule is CCC=CCC=CCC=CCC=CCC=CCC=CCCC(=O)NC(CCCNC(=O)c1cccnc1)C(=O)O. The van der Waals surface area contributed by atoms with E-state index in [1.165, 1.54) is 6.20 Å². The first-order chi connectivity index (χ1) is 19.5. The number of carbonyl (C=O) groups is 3. The highest BCUT2D eigenvalue weighted by Gasteiger charge is 2.19. The summed E-state index contributed by atoms with van der Waals surface area (Å²) in [6.45, 7) is 2.45. The van der Waals surface area contributed by atoms with Crippen molar-refractivity contribution < 1.29 is 19.5 Å². The summed E-state index contributed by atoms with van der Waals surface area (Å²) in [6, 6.07) is 2.35. The molecule has 40 heavy (non-hydrogen) atoms. The molecule has 1 unspecified atom stereocenters. The van der Waals surface area contributed by atoms with Gasteiger partial charge in [0, 0.05) is 25.4 Å². The largest absolute Gasteiger partial charge is 0.480 e. The maximum Gasteiger partial charge on any atom is 0.326 e. The van der Waals surface area contributed by atoms with Crippen LogP contribution in [-0.2, 0) is 9.59 Å². The standard InChI is InChI=1S/C33H45N3O4/c1-2-3-4-5-6-7-8-9-10-11-12-13-14-15-16-17-18-19-20-25-31(37)36-30(33(39)40)24-22-27-35-32(38)29-23-21-26-34-28-29/h3-4,6-7,9-10,12-13,15-16,18-19,21,23,26,28,30H,2,5,8,11,14,17,20,22,24-25,27H2,1H3,(H,35,38)(H,36,37)(H,39,40). The molecule has 1 aromatic heterocycles. The van der Waals surface area contributed by atoms with Gasteiger partial charge in [-0.15, -0.1) is 0 Å². The Hall–Kier alpha value is -4.00. The zero-order valence-corrected chi connectivity index (χ0v) is 23.7. The molecule has 1 heterocycles. The van der Waals surface area contributed by atoms with Crippen LogP contribution in [0.4, 0.5) is 0 Å². The number of pyridine rings is 1. The van der Waals surface area contributed by atoms with Crippen LogP contribution in [0.15, 0.2) is 97.4 Å². The van der Waals surface area contributed by atoms with Gasteiger partial charge in [-0.1, -0.05) is 79.8 Å². The average molecular weight is 548 g/mol. The van der Waals surface area contributed by atoms with E-state index in [9.17, 15) is 19.5 Å². The number of rotatable bonds is 21. The summed E-state index contributed by atoms with van der Waals surface area (Å²) in [5.74, 6) is -1.65. The second kappa shape index (κ2) is 24.1. The summed E-state index contributed by atoms with van der Waals surface area (Å²) in [5, 5.41) is 14.7. The smallest absolute Gasteiger partial charge is 0.326 e. The number of carboxylic acid groups (broad SMARTS) is 1. The van der Waals surface area contributed by atoms with Gasteiger partial charge in [-0.2, -0.15) is 0 Å². The van der Waals surface area contributed by atoms with Crippen molar-refractivity contribution in [1.82, 2.24) is 15.6 Å². The molecule has 1 rings (SSSR count). The number of aromatic nitrogens is 1. The monoisotopic (exact) mass is 547 g/mol. The van der Waals surface area contributed by atoms with E-state index in [-0.39, 0.29) is 24.7 Å². The highest BCUT2D eigenvalue weighted by Crippen LogP contribution is 2.02. The van der Waals surface area contributed by atoms with Crippen molar-refractivity contribution in [2.24, 2.45) is 0 Å². The van der Waals surface area contributed by atoms with Gasteiger partial charge in [0.2, 0.25) is 5.91 Å². The molecule has 216 valence electrons. The predicted molar refractivity (Wildman–Crippen MR) is 163 cm³/mol. The van der Waals surface area contributed by atoms with E-state index < -0.39 is 12.0 Å². The van der Waals surface area contributed by atoms with Gasteiger partial charge in [-0.05, 0) is 69.9 Å². The number of carboxylic acids is 1. The third-order valence-corrected chi connectivity index (χ3v) is 5.65. The fourth-order valence-electron chi connectivity index (χ4n) is 3.49. The van der Waals surface area contributed by atoms with Crippen LogP contribution in [-0.4, -0.2) is 40.5 Å². The lowest BCUT2D eigenvalue weighted by molar-refractivity contribution is -0.142. The molecule has 0 aliphatic rings. The van der Waals surface area contributed by atoms with E-state index in [1.807, 2.05) is 12.2 Å².